The number of carbonyl (C=O) groups excluding carboxylic acids is 3. The Kier molecular flexibility index (Phi) is 10.2. The molecule has 218 valence electrons. The summed E-state index contributed by atoms with van der Waals surface area (Å²) in [6, 6.07) is 8.38. The molecule has 1 aromatic carbocycles. The van der Waals surface area contributed by atoms with Crippen molar-refractivity contribution in [1.29, 1.82) is 0 Å². The highest BCUT2D eigenvalue weighted by molar-refractivity contribution is 9.09. The number of nitrogens with zero attached hydrogens (tertiary/aromatic N) is 3. The first kappa shape index (κ1) is 30.8. The number of thioether (sulfide) groups is 1. The monoisotopic (exact) mass is 631 g/mol. The minimum atomic E-state index is -0.773. The Morgan fingerprint density at radius 2 is 1.90 bits per heavy atom. The average molecular weight is 633 g/mol. The summed E-state index contributed by atoms with van der Waals surface area (Å²) in [5, 5.41) is 10.5. The lowest BCUT2D eigenvalue weighted by molar-refractivity contribution is -0.146. The molecule has 40 heavy (non-hydrogen) atoms. The van der Waals surface area contributed by atoms with E-state index in [4.69, 9.17) is 0 Å². The molecule has 1 N–H and O–H groups in total. The van der Waals surface area contributed by atoms with Crippen LogP contribution in [0, 0.1) is 11.8 Å². The van der Waals surface area contributed by atoms with Crippen molar-refractivity contribution in [1.82, 2.24) is 14.7 Å². The lowest BCUT2D eigenvalue weighted by Crippen LogP contribution is -2.58. The number of likely N-dealkylation sites (tertiary alicyclic amines) is 1. The van der Waals surface area contributed by atoms with Crippen LogP contribution in [0.4, 0.5) is 0 Å². The molecule has 0 saturated carbocycles. The highest BCUT2D eigenvalue weighted by atomic mass is 79.9. The van der Waals surface area contributed by atoms with E-state index >= 15 is 0 Å². The van der Waals surface area contributed by atoms with Crippen LogP contribution < -0.4 is 0 Å². The van der Waals surface area contributed by atoms with Crippen LogP contribution in [0.2, 0.25) is 0 Å². The van der Waals surface area contributed by atoms with E-state index < -0.39 is 28.7 Å². The smallest absolute Gasteiger partial charge is 0.247 e. The molecule has 0 aliphatic carbocycles. The number of carbonyl (C=O) groups is 3. The highest BCUT2D eigenvalue weighted by Gasteiger charge is 2.76. The van der Waals surface area contributed by atoms with Gasteiger partial charge in [-0.05, 0) is 24.8 Å². The number of amides is 3. The number of alkyl halides is 1. The van der Waals surface area contributed by atoms with Crippen LogP contribution >= 0.6 is 27.7 Å². The van der Waals surface area contributed by atoms with E-state index in [1.54, 1.807) is 40.8 Å². The number of fused-ring (bicyclic) bond motifs is 1. The number of unbranched alkanes of at least 4 members (excludes halogenated alkanes) is 2. The van der Waals surface area contributed by atoms with Gasteiger partial charge in [-0.3, -0.25) is 14.4 Å². The molecule has 0 aromatic heterocycles. The summed E-state index contributed by atoms with van der Waals surface area (Å²) in [7, 11) is 1.74. The van der Waals surface area contributed by atoms with Crippen molar-refractivity contribution < 1.29 is 19.5 Å². The van der Waals surface area contributed by atoms with Gasteiger partial charge in [0.15, 0.2) is 0 Å². The van der Waals surface area contributed by atoms with Gasteiger partial charge in [0.2, 0.25) is 17.7 Å². The quantitative estimate of drug-likeness (QED) is 0.191. The molecule has 0 radical (unpaired) electrons. The molecule has 3 aliphatic rings. The van der Waals surface area contributed by atoms with Gasteiger partial charge in [0.25, 0.3) is 0 Å². The fraction of sp³-hybridized carbons (Fsp3) is 0.581. The normalized spacial score (nSPS) is 29.2. The third-order valence-electron chi connectivity index (χ3n) is 8.64. The van der Waals surface area contributed by atoms with E-state index in [9.17, 15) is 19.5 Å². The number of hydrogen-bond acceptors (Lipinski definition) is 5. The number of halogens is 1. The molecular formula is C31H42BrN3O4S. The van der Waals surface area contributed by atoms with Crippen LogP contribution in [0.25, 0.3) is 0 Å². The minimum Gasteiger partial charge on any atom is -0.394 e. The van der Waals surface area contributed by atoms with Gasteiger partial charge in [0.05, 0.1) is 29.2 Å². The minimum absolute atomic E-state index is 0.00229. The molecule has 3 amide bonds. The first-order valence-corrected chi connectivity index (χ1v) is 16.1. The van der Waals surface area contributed by atoms with Crippen LogP contribution in [0.15, 0.2) is 55.6 Å². The molecule has 1 aromatic rings. The lowest BCUT2D eigenvalue weighted by atomic mass is 9.70. The maximum Gasteiger partial charge on any atom is 0.247 e. The molecule has 1 spiro atoms. The number of rotatable bonds is 14. The second-order valence-electron chi connectivity index (χ2n) is 11.2. The molecule has 3 fully saturated rings. The largest absolute Gasteiger partial charge is 0.394 e. The van der Waals surface area contributed by atoms with Crippen molar-refractivity contribution in [2.75, 3.05) is 33.3 Å². The zero-order chi connectivity index (χ0) is 29.0. The van der Waals surface area contributed by atoms with Crippen LogP contribution in [-0.4, -0.2) is 97.7 Å². The van der Waals surface area contributed by atoms with Crippen LogP contribution in [0.5, 0.6) is 0 Å². The molecule has 7 nitrogen and oxygen atoms in total. The molecule has 3 aliphatic heterocycles. The fourth-order valence-electron chi connectivity index (χ4n) is 6.87. The first-order valence-electron chi connectivity index (χ1n) is 14.3. The Morgan fingerprint density at radius 1 is 1.20 bits per heavy atom. The SMILES string of the molecule is C=CCN(C)C(=O)[C@H]1[C@H]2C(=O)N([C@@H](CO)Cc3ccccc3)C(C(=O)N(CC=C)CCCCC)C23CC(Br)[C@@H]1S3. The summed E-state index contributed by atoms with van der Waals surface area (Å²) < 4.78 is -0.753. The molecule has 3 saturated heterocycles. The second-order valence-corrected chi connectivity index (χ2v) is 13.9. The Bertz CT molecular complexity index is 1100. The fourth-order valence-corrected chi connectivity index (χ4v) is 10.5. The van der Waals surface area contributed by atoms with Gasteiger partial charge in [-0.25, -0.2) is 0 Å². The van der Waals surface area contributed by atoms with E-state index in [1.807, 2.05) is 35.2 Å². The number of likely N-dealkylation sites (N-methyl/N-ethyl adjacent to an activating group) is 1. The standard InChI is InChI=1S/C31H42BrN3O4S/c1-5-8-12-17-34(16-7-3)30(39)27-31-19-23(32)26(40-31)24(28(37)33(4)15-6-2)25(31)29(38)35(27)22(20-36)18-21-13-10-9-11-14-21/h6-7,9-11,13-14,22-27,36H,2-3,5,8,12,15-20H2,1,4H3/t22-,23?,24+,25+,26+,27?,31?/m1/s1. The number of aliphatic hydroxyl groups is 1. The van der Waals surface area contributed by atoms with Crippen molar-refractivity contribution in [3.63, 3.8) is 0 Å². The Hall–Kier alpha value is -2.10. The first-order chi connectivity index (χ1) is 19.2. The van der Waals surface area contributed by atoms with E-state index in [2.05, 4.69) is 36.0 Å². The summed E-state index contributed by atoms with van der Waals surface area (Å²) in [5.74, 6) is -1.58. The van der Waals surface area contributed by atoms with Crippen LogP contribution in [0.3, 0.4) is 0 Å². The third kappa shape index (κ3) is 5.53. The van der Waals surface area contributed by atoms with Gasteiger partial charge in [0.1, 0.15) is 6.04 Å². The molecule has 2 bridgehead atoms. The van der Waals surface area contributed by atoms with Gasteiger partial charge in [-0.2, -0.15) is 0 Å². The van der Waals surface area contributed by atoms with E-state index in [0.29, 0.717) is 32.5 Å². The zero-order valence-corrected chi connectivity index (χ0v) is 26.0. The predicted molar refractivity (Wildman–Crippen MR) is 164 cm³/mol. The van der Waals surface area contributed by atoms with E-state index in [0.717, 1.165) is 24.8 Å². The molecule has 9 heteroatoms. The summed E-state index contributed by atoms with van der Waals surface area (Å²) in [6.07, 6.45) is 7.35. The number of benzene rings is 1. The van der Waals surface area contributed by atoms with Crippen molar-refractivity contribution in [2.45, 2.75) is 65.9 Å². The lowest BCUT2D eigenvalue weighted by Gasteiger charge is -2.40. The van der Waals surface area contributed by atoms with Crippen molar-refractivity contribution in [3.05, 3.63) is 61.2 Å². The van der Waals surface area contributed by atoms with Crippen LogP contribution in [-0.2, 0) is 20.8 Å². The molecule has 3 unspecified atom stereocenters. The molecule has 3 heterocycles. The van der Waals surface area contributed by atoms with Crippen molar-refractivity contribution in [2.24, 2.45) is 11.8 Å². The maximum atomic E-state index is 14.6. The molecule has 4 rings (SSSR count). The van der Waals surface area contributed by atoms with Crippen LogP contribution in [0.1, 0.15) is 38.2 Å². The maximum absolute atomic E-state index is 14.6. The summed E-state index contributed by atoms with van der Waals surface area (Å²) >= 11 is 5.47. The van der Waals surface area contributed by atoms with E-state index in [1.165, 1.54) is 0 Å². The Morgan fingerprint density at radius 3 is 2.52 bits per heavy atom. The van der Waals surface area contributed by atoms with Crippen molar-refractivity contribution in [3.8, 4) is 0 Å². The van der Waals surface area contributed by atoms with Gasteiger partial charge in [0, 0.05) is 36.8 Å². The van der Waals surface area contributed by atoms with Gasteiger partial charge >= 0.3 is 0 Å². The average Bonchev–Trinajstić information content (AvgIpc) is 3.54. The van der Waals surface area contributed by atoms with Gasteiger partial charge in [-0.15, -0.1) is 24.9 Å². The van der Waals surface area contributed by atoms with Gasteiger partial charge < -0.3 is 19.8 Å². The van der Waals surface area contributed by atoms with Crippen molar-refractivity contribution >= 4 is 45.4 Å². The summed E-state index contributed by atoms with van der Waals surface area (Å²) in [4.78, 5) is 48.0. The predicted octanol–water partition coefficient (Wildman–Crippen LogP) is 3.90. The highest BCUT2D eigenvalue weighted by Crippen LogP contribution is 2.68. The number of aliphatic hydroxyl groups excluding tert-OH is 1. The second kappa shape index (κ2) is 13.3. The molecule has 7 atom stereocenters. The number of hydrogen-bond donors (Lipinski definition) is 1. The molecular weight excluding hydrogens is 590 g/mol. The topological polar surface area (TPSA) is 81.2 Å². The van der Waals surface area contributed by atoms with Gasteiger partial charge in [-0.1, -0.05) is 78.2 Å². The summed E-state index contributed by atoms with van der Waals surface area (Å²) in [6.45, 7) is 10.9. The van der Waals surface area contributed by atoms with E-state index in [-0.39, 0.29) is 34.4 Å². The summed E-state index contributed by atoms with van der Waals surface area (Å²) in [5.41, 5.74) is 0.981. The Labute approximate surface area is 251 Å². The Balaban J connectivity index is 1.79. The zero-order valence-electron chi connectivity index (χ0n) is 23.6. The third-order valence-corrected chi connectivity index (χ3v) is 11.9.